The fourth-order valence-electron chi connectivity index (χ4n) is 4.68. The van der Waals surface area contributed by atoms with Crippen molar-refractivity contribution in [2.24, 2.45) is 0 Å². The number of sulfonamides is 1. The number of aliphatic hydroxyl groups excluding tert-OH is 2. The number of benzene rings is 2. The molecule has 0 amide bonds. The van der Waals surface area contributed by atoms with E-state index in [0.29, 0.717) is 28.5 Å². The van der Waals surface area contributed by atoms with Crippen LogP contribution in [0.2, 0.25) is 0 Å². The summed E-state index contributed by atoms with van der Waals surface area (Å²) in [6.45, 7) is 0.817. The van der Waals surface area contributed by atoms with Crippen molar-refractivity contribution >= 4 is 15.8 Å². The van der Waals surface area contributed by atoms with Crippen LogP contribution in [0.5, 0.6) is 11.5 Å². The van der Waals surface area contributed by atoms with Gasteiger partial charge in [0.15, 0.2) is 11.5 Å². The van der Waals surface area contributed by atoms with Gasteiger partial charge in [0.2, 0.25) is 16.8 Å². The second kappa shape index (κ2) is 10.1. The highest BCUT2D eigenvalue weighted by Crippen LogP contribution is 2.51. The Hall–Kier alpha value is -3.31. The molecule has 2 aliphatic rings. The summed E-state index contributed by atoms with van der Waals surface area (Å²) in [6, 6.07) is 17.3. The first-order valence-corrected chi connectivity index (χ1v) is 14.0. The molecule has 5 rings (SSSR count). The summed E-state index contributed by atoms with van der Waals surface area (Å²) in [4.78, 5) is 18.0. The third-order valence-corrected chi connectivity index (χ3v) is 9.05. The van der Waals surface area contributed by atoms with Gasteiger partial charge in [-0.3, -0.25) is 9.78 Å². The number of fused-ring (bicyclic) bond motifs is 1. The van der Waals surface area contributed by atoms with Crippen LogP contribution in [0.3, 0.4) is 0 Å². The fraction of sp³-hybridized carbons (Fsp3) is 0.357. The Morgan fingerprint density at radius 2 is 1.76 bits per heavy atom. The first-order chi connectivity index (χ1) is 18.2. The monoisotopic (exact) mass is 540 g/mol. The van der Waals surface area contributed by atoms with Gasteiger partial charge in [0.25, 0.3) is 0 Å². The molecule has 38 heavy (non-hydrogen) atoms. The molecule has 0 saturated heterocycles. The summed E-state index contributed by atoms with van der Waals surface area (Å²) in [5.41, 5.74) is 1.02. The predicted molar refractivity (Wildman–Crippen MR) is 141 cm³/mol. The van der Waals surface area contributed by atoms with Gasteiger partial charge in [-0.1, -0.05) is 31.2 Å². The van der Waals surface area contributed by atoms with Gasteiger partial charge < -0.3 is 19.7 Å². The van der Waals surface area contributed by atoms with Crippen LogP contribution in [-0.2, 0) is 26.7 Å². The summed E-state index contributed by atoms with van der Waals surface area (Å²) in [5.74, 6) is 1.45. The number of pyridine rings is 1. The molecule has 1 aliphatic carbocycles. The lowest BCUT2D eigenvalue weighted by atomic mass is 9.88. The Bertz CT molecular complexity index is 1440. The van der Waals surface area contributed by atoms with Crippen molar-refractivity contribution in [1.29, 1.82) is 0 Å². The van der Waals surface area contributed by atoms with Gasteiger partial charge in [-0.15, -0.1) is 0 Å². The highest BCUT2D eigenvalue weighted by atomic mass is 32.2. The van der Waals surface area contributed by atoms with Gasteiger partial charge in [-0.2, -0.15) is 0 Å². The van der Waals surface area contributed by atoms with Crippen LogP contribution >= 0.6 is 0 Å². The van der Waals surface area contributed by atoms with Crippen LogP contribution in [0.15, 0.2) is 65.6 Å². The van der Waals surface area contributed by atoms with Gasteiger partial charge in [-0.05, 0) is 61.2 Å². The predicted octanol–water partition coefficient (Wildman–Crippen LogP) is 2.98. The molecule has 3 aromatic rings. The van der Waals surface area contributed by atoms with E-state index >= 15 is 0 Å². The SMILES string of the molecule is CCC(CO)(CO)NS(=O)(=O)c1ccc(-c2cccc(CC(=O)C3(c4ccc5c(c4)OCO5)CC3)n2)cc1.[HH]. The van der Waals surface area contributed by atoms with Crippen LogP contribution in [0.1, 0.15) is 38.9 Å². The van der Waals surface area contributed by atoms with Gasteiger partial charge >= 0.3 is 0 Å². The molecule has 1 aromatic heterocycles. The number of carbonyl (C=O) groups excluding carboxylic acids is 1. The number of aliphatic hydroxyl groups is 2. The van der Waals surface area contributed by atoms with E-state index < -0.39 is 34.2 Å². The van der Waals surface area contributed by atoms with E-state index in [-0.39, 0.29) is 31.7 Å². The summed E-state index contributed by atoms with van der Waals surface area (Å²) in [7, 11) is -3.97. The second-order valence-electron chi connectivity index (χ2n) is 9.84. The molecule has 0 spiro atoms. The summed E-state index contributed by atoms with van der Waals surface area (Å²) >= 11 is 0. The molecule has 1 fully saturated rings. The first kappa shape index (κ1) is 26.3. The average molecular weight is 541 g/mol. The standard InChI is InChI=1S/C28H30N2O7S.H2/c1-2-27(16-31,17-32)30-38(34,35)22-9-6-19(7-10-22)23-5-3-4-21(29-23)15-26(33)28(12-13-28)20-8-11-24-25(14-20)37-18-36-24;/h3-11,14,30-32H,2,12-13,15-18H2,1H3;1H. The quantitative estimate of drug-likeness (QED) is 0.338. The van der Waals surface area contributed by atoms with Crippen molar-refractivity contribution < 1.29 is 34.3 Å². The Kier molecular flexibility index (Phi) is 6.99. The topological polar surface area (TPSA) is 135 Å². The zero-order valence-corrected chi connectivity index (χ0v) is 21.8. The number of nitrogens with zero attached hydrogens (tertiary/aromatic N) is 1. The van der Waals surface area contributed by atoms with E-state index in [1.165, 1.54) is 12.1 Å². The molecule has 1 saturated carbocycles. The van der Waals surface area contributed by atoms with Gasteiger partial charge in [0.1, 0.15) is 5.78 Å². The zero-order chi connectivity index (χ0) is 27.0. The lowest BCUT2D eigenvalue weighted by Crippen LogP contribution is -2.53. The van der Waals surface area contributed by atoms with Crippen LogP contribution in [-0.4, -0.2) is 54.9 Å². The molecule has 0 bridgehead atoms. The number of hydrogen-bond donors (Lipinski definition) is 3. The fourth-order valence-corrected chi connectivity index (χ4v) is 6.14. The molecule has 2 aromatic carbocycles. The lowest BCUT2D eigenvalue weighted by Gasteiger charge is -2.29. The molecule has 3 N–H and O–H groups in total. The highest BCUT2D eigenvalue weighted by molar-refractivity contribution is 7.89. The maximum absolute atomic E-state index is 13.4. The van der Waals surface area contributed by atoms with Crippen LogP contribution < -0.4 is 14.2 Å². The van der Waals surface area contributed by atoms with Crippen LogP contribution in [0, 0.1) is 0 Å². The minimum Gasteiger partial charge on any atom is -0.454 e. The Labute approximate surface area is 223 Å². The number of carbonyl (C=O) groups is 1. The molecule has 0 unspecified atom stereocenters. The smallest absolute Gasteiger partial charge is 0.241 e. The Morgan fingerprint density at radius 3 is 2.42 bits per heavy atom. The third-order valence-electron chi connectivity index (χ3n) is 7.45. The normalized spacial score (nSPS) is 15.9. The van der Waals surface area contributed by atoms with E-state index in [9.17, 15) is 23.4 Å². The number of hydrogen-bond acceptors (Lipinski definition) is 8. The van der Waals surface area contributed by atoms with Crippen molar-refractivity contribution in [2.45, 2.75) is 48.5 Å². The van der Waals surface area contributed by atoms with E-state index in [4.69, 9.17) is 9.47 Å². The largest absolute Gasteiger partial charge is 0.454 e. The van der Waals surface area contributed by atoms with Crippen molar-refractivity contribution in [3.05, 3.63) is 71.9 Å². The van der Waals surface area contributed by atoms with Crippen LogP contribution in [0.4, 0.5) is 0 Å². The molecule has 10 heteroatoms. The number of nitrogens with one attached hydrogen (secondary N) is 1. The van der Waals surface area contributed by atoms with Gasteiger partial charge in [0, 0.05) is 19.1 Å². The van der Waals surface area contributed by atoms with Crippen molar-refractivity contribution in [3.63, 3.8) is 0 Å². The summed E-state index contributed by atoms with van der Waals surface area (Å²) in [6.07, 6.45) is 1.96. The molecule has 2 heterocycles. The molecular formula is C28H32N2O7S. The van der Waals surface area contributed by atoms with E-state index in [0.717, 1.165) is 18.4 Å². The van der Waals surface area contributed by atoms with Gasteiger partial charge in [0.05, 0.1) is 34.8 Å². The summed E-state index contributed by atoms with van der Waals surface area (Å²) < 4.78 is 38.9. The molecule has 0 radical (unpaired) electrons. The van der Waals surface area contributed by atoms with E-state index in [1.807, 2.05) is 30.3 Å². The molecule has 1 aliphatic heterocycles. The van der Waals surface area contributed by atoms with E-state index in [2.05, 4.69) is 9.71 Å². The van der Waals surface area contributed by atoms with Crippen molar-refractivity contribution in [1.82, 2.24) is 9.71 Å². The van der Waals surface area contributed by atoms with Crippen LogP contribution in [0.25, 0.3) is 11.3 Å². The molecule has 0 atom stereocenters. The third kappa shape index (κ3) is 4.92. The maximum atomic E-state index is 13.4. The minimum atomic E-state index is -3.97. The maximum Gasteiger partial charge on any atom is 0.241 e. The summed E-state index contributed by atoms with van der Waals surface area (Å²) in [5, 5.41) is 19.2. The number of ketones is 1. The Morgan fingerprint density at radius 1 is 1.05 bits per heavy atom. The average Bonchev–Trinajstić information content (AvgIpc) is 3.62. The van der Waals surface area contributed by atoms with Crippen molar-refractivity contribution in [3.8, 4) is 22.8 Å². The lowest BCUT2D eigenvalue weighted by molar-refractivity contribution is -0.120. The number of rotatable bonds is 11. The Balaban J connectivity index is 0.00000353. The highest BCUT2D eigenvalue weighted by Gasteiger charge is 2.51. The van der Waals surface area contributed by atoms with Gasteiger partial charge in [-0.25, -0.2) is 13.1 Å². The molecular weight excluding hydrogens is 508 g/mol. The minimum absolute atomic E-state index is 0. The number of ether oxygens (including phenoxy) is 2. The zero-order valence-electron chi connectivity index (χ0n) is 21.0. The van der Waals surface area contributed by atoms with E-state index in [1.54, 1.807) is 25.1 Å². The first-order valence-electron chi connectivity index (χ1n) is 12.5. The van der Waals surface area contributed by atoms with Crippen molar-refractivity contribution in [2.75, 3.05) is 20.0 Å². The molecule has 9 nitrogen and oxygen atoms in total. The number of aromatic nitrogens is 1. The molecule has 202 valence electrons. The number of Topliss-reactive ketones (excluding diaryl/α,β-unsaturated/α-hetero) is 1. The second-order valence-corrected chi connectivity index (χ2v) is 11.5.